The van der Waals surface area contributed by atoms with E-state index in [1.807, 2.05) is 35.1 Å². The number of nitrogens with one attached hydrogen (secondary N) is 1. The van der Waals surface area contributed by atoms with E-state index < -0.39 is 39.1 Å². The maximum Gasteiger partial charge on any atom is 0.490 e. The molecule has 6 rings (SSSR count). The number of benzene rings is 3. The summed E-state index contributed by atoms with van der Waals surface area (Å²) in [5.74, 6) is -3.55. The number of hydrogen-bond donors (Lipinski definition) is 2. The van der Waals surface area contributed by atoms with E-state index in [2.05, 4.69) is 17.0 Å². The molecule has 0 bridgehead atoms. The van der Waals surface area contributed by atoms with Crippen LogP contribution in [0.3, 0.4) is 0 Å². The standard InChI is InChI=1S/C32H33Cl2FN2O4S.C2HF3O2/c33-24-14-23(15-25(34)16-24)31(22-4-2-1-3-5-22)37-12-10-20(11-13-37)19-41-30-18-29(35)28(17-27(30)21-6-7-21)32(38)36-42(39,40)26-8-9-26;3-2(4,5)1(6)7/h1-5,14-18,20-21,26,31H,6-13,19H2,(H,36,38);(H,6,7). The molecule has 1 atom stereocenters. The Bertz CT molecular complexity index is 1760. The molecule has 264 valence electrons. The van der Waals surface area contributed by atoms with Crippen LogP contribution in [0.1, 0.15) is 77.5 Å². The van der Waals surface area contributed by atoms with Crippen LogP contribution in [0, 0.1) is 11.7 Å². The predicted molar refractivity (Wildman–Crippen MR) is 176 cm³/mol. The zero-order chi connectivity index (χ0) is 35.5. The van der Waals surface area contributed by atoms with Crippen LogP contribution < -0.4 is 9.46 Å². The highest BCUT2D eigenvalue weighted by molar-refractivity contribution is 7.91. The summed E-state index contributed by atoms with van der Waals surface area (Å²) in [5, 5.41) is 7.77. The SMILES string of the molecule is O=C(NS(=O)(=O)C1CC1)c1cc(C2CC2)c(OCC2CCN(C(c3ccccc3)c3cc(Cl)cc(Cl)c3)CC2)cc1F.O=C(O)C(F)(F)F. The van der Waals surface area contributed by atoms with Crippen molar-refractivity contribution < 1.29 is 45.4 Å². The number of amides is 1. The molecule has 49 heavy (non-hydrogen) atoms. The molecule has 3 aromatic carbocycles. The van der Waals surface area contributed by atoms with Gasteiger partial charge in [-0.2, -0.15) is 13.2 Å². The monoisotopic (exact) mass is 744 g/mol. The number of carbonyl (C=O) groups is 2. The molecule has 2 N–H and O–H groups in total. The van der Waals surface area contributed by atoms with Crippen molar-refractivity contribution in [3.05, 3.63) is 98.8 Å². The van der Waals surface area contributed by atoms with Crippen molar-refractivity contribution in [3.8, 4) is 5.75 Å². The normalized spacial score (nSPS) is 17.8. The van der Waals surface area contributed by atoms with Gasteiger partial charge in [0, 0.05) is 16.1 Å². The first kappa shape index (κ1) is 36.9. The topological polar surface area (TPSA) is 113 Å². The molecule has 0 aromatic heterocycles. The van der Waals surface area contributed by atoms with Gasteiger partial charge in [-0.15, -0.1) is 0 Å². The smallest absolute Gasteiger partial charge is 0.490 e. The molecule has 0 radical (unpaired) electrons. The van der Waals surface area contributed by atoms with Crippen molar-refractivity contribution >= 4 is 45.1 Å². The number of halogens is 6. The Balaban J connectivity index is 0.000000606. The largest absolute Gasteiger partial charge is 0.493 e. The Morgan fingerprint density at radius 2 is 1.51 bits per heavy atom. The van der Waals surface area contributed by atoms with E-state index in [1.54, 1.807) is 6.07 Å². The second kappa shape index (κ2) is 15.2. The van der Waals surface area contributed by atoms with Crippen molar-refractivity contribution in [1.82, 2.24) is 9.62 Å². The number of sulfonamides is 1. The highest BCUT2D eigenvalue weighted by atomic mass is 35.5. The molecular weight excluding hydrogens is 711 g/mol. The average Bonchev–Trinajstić information content (AvgIpc) is 3.94. The molecule has 1 saturated heterocycles. The van der Waals surface area contributed by atoms with Crippen LogP contribution in [-0.2, 0) is 14.8 Å². The number of likely N-dealkylation sites (tertiary alicyclic amines) is 1. The number of ether oxygens (including phenoxy) is 1. The van der Waals surface area contributed by atoms with Crippen LogP contribution in [0.5, 0.6) is 5.75 Å². The second-order valence-electron chi connectivity index (χ2n) is 12.4. The lowest BCUT2D eigenvalue weighted by atomic mass is 9.91. The number of carbonyl (C=O) groups excluding carboxylic acids is 1. The van der Waals surface area contributed by atoms with E-state index in [4.69, 9.17) is 37.8 Å². The lowest BCUT2D eigenvalue weighted by molar-refractivity contribution is -0.192. The Labute approximate surface area is 291 Å². The van der Waals surface area contributed by atoms with Crippen LogP contribution >= 0.6 is 23.2 Å². The lowest BCUT2D eigenvalue weighted by Gasteiger charge is -2.38. The molecule has 2 saturated carbocycles. The molecule has 1 heterocycles. The summed E-state index contributed by atoms with van der Waals surface area (Å²) in [7, 11) is -3.77. The highest BCUT2D eigenvalue weighted by Crippen LogP contribution is 2.45. The van der Waals surface area contributed by atoms with Gasteiger partial charge in [-0.3, -0.25) is 9.69 Å². The Hall–Kier alpha value is -3.39. The lowest BCUT2D eigenvalue weighted by Crippen LogP contribution is -2.38. The fraction of sp³-hybridized carbons (Fsp3) is 0.412. The molecular formula is C34H34Cl2F4N2O6S. The van der Waals surface area contributed by atoms with Gasteiger partial charge in [0.05, 0.1) is 23.5 Å². The summed E-state index contributed by atoms with van der Waals surface area (Å²) in [4.78, 5) is 24.0. The molecule has 3 aliphatic rings. The van der Waals surface area contributed by atoms with Gasteiger partial charge in [0.15, 0.2) is 0 Å². The van der Waals surface area contributed by atoms with Crippen molar-refractivity contribution in [2.75, 3.05) is 19.7 Å². The van der Waals surface area contributed by atoms with Gasteiger partial charge in [0.2, 0.25) is 10.0 Å². The van der Waals surface area contributed by atoms with Gasteiger partial charge in [-0.1, -0.05) is 53.5 Å². The van der Waals surface area contributed by atoms with Gasteiger partial charge in [0.1, 0.15) is 11.6 Å². The fourth-order valence-electron chi connectivity index (χ4n) is 5.80. The quantitative estimate of drug-likeness (QED) is 0.204. The third-order valence-electron chi connectivity index (χ3n) is 8.61. The molecule has 15 heteroatoms. The minimum absolute atomic E-state index is 0.0160. The number of alkyl halides is 3. The number of aliphatic carboxylic acids is 1. The summed E-state index contributed by atoms with van der Waals surface area (Å²) in [6, 6.07) is 18.7. The average molecular weight is 746 g/mol. The maximum atomic E-state index is 15.1. The number of carboxylic acids is 1. The number of rotatable bonds is 10. The zero-order valence-corrected chi connectivity index (χ0v) is 28.4. The summed E-state index contributed by atoms with van der Waals surface area (Å²) in [6.45, 7) is 2.12. The van der Waals surface area contributed by atoms with Crippen LogP contribution in [0.25, 0.3) is 0 Å². The molecule has 3 aromatic rings. The summed E-state index contributed by atoms with van der Waals surface area (Å²) < 4.78 is 79.5. The van der Waals surface area contributed by atoms with Crippen molar-refractivity contribution in [2.24, 2.45) is 5.92 Å². The Kier molecular flexibility index (Phi) is 11.5. The third-order valence-corrected chi connectivity index (χ3v) is 10.9. The molecule has 1 amide bonds. The van der Waals surface area contributed by atoms with Crippen molar-refractivity contribution in [3.63, 3.8) is 0 Å². The molecule has 3 fully saturated rings. The highest BCUT2D eigenvalue weighted by Gasteiger charge is 2.39. The third kappa shape index (κ3) is 9.87. The number of hydrogen-bond acceptors (Lipinski definition) is 6. The molecule has 1 aliphatic heterocycles. The van der Waals surface area contributed by atoms with Gasteiger partial charge in [-0.05, 0) is 104 Å². The van der Waals surface area contributed by atoms with Gasteiger partial charge in [0.25, 0.3) is 5.91 Å². The number of nitrogens with zero attached hydrogens (tertiary/aromatic N) is 1. The molecule has 1 unspecified atom stereocenters. The second-order valence-corrected chi connectivity index (χ2v) is 15.3. The molecule has 0 spiro atoms. The van der Waals surface area contributed by atoms with E-state index in [9.17, 15) is 26.4 Å². The van der Waals surface area contributed by atoms with E-state index in [0.717, 1.165) is 49.9 Å². The number of piperidine rings is 1. The van der Waals surface area contributed by atoms with Crippen LogP contribution in [-0.4, -0.2) is 61.4 Å². The summed E-state index contributed by atoms with van der Waals surface area (Å²) >= 11 is 12.7. The van der Waals surface area contributed by atoms with E-state index in [-0.39, 0.29) is 23.4 Å². The van der Waals surface area contributed by atoms with Crippen LogP contribution in [0.15, 0.2) is 60.7 Å². The Morgan fingerprint density at radius 1 is 0.918 bits per heavy atom. The molecule has 2 aliphatic carbocycles. The summed E-state index contributed by atoms with van der Waals surface area (Å²) in [6.07, 6.45) is -0.388. The van der Waals surface area contributed by atoms with E-state index >= 15 is 4.39 Å². The van der Waals surface area contributed by atoms with E-state index in [0.29, 0.717) is 35.2 Å². The van der Waals surface area contributed by atoms with Crippen LogP contribution in [0.2, 0.25) is 10.0 Å². The van der Waals surface area contributed by atoms with Gasteiger partial charge in [-0.25, -0.2) is 22.3 Å². The number of carboxylic acid groups (broad SMARTS) is 1. The minimum Gasteiger partial charge on any atom is -0.493 e. The van der Waals surface area contributed by atoms with Crippen molar-refractivity contribution in [1.29, 1.82) is 0 Å². The first-order valence-corrected chi connectivity index (χ1v) is 18.0. The fourth-order valence-corrected chi connectivity index (χ4v) is 7.63. The first-order valence-electron chi connectivity index (χ1n) is 15.7. The van der Waals surface area contributed by atoms with E-state index in [1.165, 1.54) is 17.7 Å². The van der Waals surface area contributed by atoms with Gasteiger partial charge < -0.3 is 9.84 Å². The zero-order valence-electron chi connectivity index (χ0n) is 26.1. The van der Waals surface area contributed by atoms with Crippen LogP contribution in [0.4, 0.5) is 17.6 Å². The predicted octanol–water partition coefficient (Wildman–Crippen LogP) is 7.75. The van der Waals surface area contributed by atoms with Gasteiger partial charge >= 0.3 is 12.1 Å². The molecule has 8 nitrogen and oxygen atoms in total. The Morgan fingerprint density at radius 3 is 2.04 bits per heavy atom. The minimum atomic E-state index is -5.08. The maximum absolute atomic E-state index is 15.1. The van der Waals surface area contributed by atoms with Crippen molar-refractivity contribution in [2.45, 2.75) is 61.9 Å². The summed E-state index contributed by atoms with van der Waals surface area (Å²) in [5.41, 5.74) is 2.73. The first-order chi connectivity index (χ1) is 23.1.